The summed E-state index contributed by atoms with van der Waals surface area (Å²) < 4.78 is 43.6. The Morgan fingerprint density at radius 1 is 1.20 bits per heavy atom. The third-order valence-electron chi connectivity index (χ3n) is 3.18. The maximum atomic E-state index is 12.7. The van der Waals surface area contributed by atoms with Gasteiger partial charge >= 0.3 is 6.18 Å². The summed E-state index contributed by atoms with van der Waals surface area (Å²) in [6, 6.07) is 3.56. The van der Waals surface area contributed by atoms with E-state index in [1.807, 2.05) is 0 Å². The van der Waals surface area contributed by atoms with Crippen molar-refractivity contribution in [2.75, 3.05) is 19.7 Å². The van der Waals surface area contributed by atoms with Gasteiger partial charge in [0.2, 0.25) is 0 Å². The van der Waals surface area contributed by atoms with Crippen LogP contribution in [0.1, 0.15) is 24.5 Å². The van der Waals surface area contributed by atoms with Gasteiger partial charge in [-0.05, 0) is 62.5 Å². The molecule has 0 aromatic heterocycles. The molecule has 0 saturated carbocycles. The van der Waals surface area contributed by atoms with E-state index < -0.39 is 11.7 Å². The minimum Gasteiger partial charge on any atom is -0.494 e. The lowest BCUT2D eigenvalue weighted by molar-refractivity contribution is -0.137. The Balaban J connectivity index is 2.94. The Kier molecular flexibility index (Phi) is 6.29. The lowest BCUT2D eigenvalue weighted by Crippen LogP contribution is -2.23. The van der Waals surface area contributed by atoms with Gasteiger partial charge < -0.3 is 16.2 Å². The Bertz CT molecular complexity index is 417. The van der Waals surface area contributed by atoms with Gasteiger partial charge in [-0.2, -0.15) is 13.2 Å². The monoisotopic (exact) mass is 290 g/mol. The molecule has 0 spiro atoms. The smallest absolute Gasteiger partial charge is 0.416 e. The van der Waals surface area contributed by atoms with Gasteiger partial charge in [-0.3, -0.25) is 0 Å². The number of benzene rings is 1. The summed E-state index contributed by atoms with van der Waals surface area (Å²) in [6.07, 6.45) is -3.23. The van der Waals surface area contributed by atoms with Crippen molar-refractivity contribution in [1.29, 1.82) is 0 Å². The van der Waals surface area contributed by atoms with Crippen molar-refractivity contribution in [3.63, 3.8) is 0 Å². The average Bonchev–Trinajstić information content (AvgIpc) is 2.40. The number of rotatable bonds is 7. The molecular weight excluding hydrogens is 269 g/mol. The van der Waals surface area contributed by atoms with Crippen molar-refractivity contribution in [2.24, 2.45) is 17.4 Å². The number of ether oxygens (including phenoxy) is 1. The Morgan fingerprint density at radius 3 is 2.35 bits per heavy atom. The molecule has 0 fully saturated rings. The lowest BCUT2D eigenvalue weighted by atomic mass is 9.97. The molecule has 20 heavy (non-hydrogen) atoms. The van der Waals surface area contributed by atoms with Crippen LogP contribution in [-0.2, 0) is 12.6 Å². The molecule has 0 unspecified atom stereocenters. The van der Waals surface area contributed by atoms with Crippen molar-refractivity contribution in [3.05, 3.63) is 29.3 Å². The molecule has 0 radical (unpaired) electrons. The fourth-order valence-electron chi connectivity index (χ4n) is 1.94. The summed E-state index contributed by atoms with van der Waals surface area (Å²) in [6.45, 7) is 3.07. The van der Waals surface area contributed by atoms with E-state index in [0.29, 0.717) is 43.9 Å². The minimum atomic E-state index is -4.35. The zero-order chi connectivity index (χ0) is 15.2. The molecule has 0 aliphatic heterocycles. The van der Waals surface area contributed by atoms with Crippen LogP contribution in [0.25, 0.3) is 0 Å². The topological polar surface area (TPSA) is 61.3 Å². The van der Waals surface area contributed by atoms with Crippen LogP contribution in [0.3, 0.4) is 0 Å². The van der Waals surface area contributed by atoms with E-state index >= 15 is 0 Å². The number of nitrogens with two attached hydrogens (primary N) is 2. The zero-order valence-corrected chi connectivity index (χ0v) is 11.5. The van der Waals surface area contributed by atoms with Crippen molar-refractivity contribution < 1.29 is 17.9 Å². The van der Waals surface area contributed by atoms with E-state index in [2.05, 4.69) is 0 Å². The molecule has 114 valence electrons. The number of hydrogen-bond donors (Lipinski definition) is 2. The summed E-state index contributed by atoms with van der Waals surface area (Å²) in [4.78, 5) is 0. The number of aryl methyl sites for hydroxylation is 1. The zero-order valence-electron chi connectivity index (χ0n) is 11.5. The van der Waals surface area contributed by atoms with E-state index in [9.17, 15) is 13.2 Å². The Hall–Kier alpha value is -1.27. The molecule has 6 heteroatoms. The molecule has 0 amide bonds. The van der Waals surface area contributed by atoms with Crippen LogP contribution >= 0.6 is 0 Å². The molecule has 1 rings (SSSR count). The van der Waals surface area contributed by atoms with Crippen LogP contribution in [0.5, 0.6) is 5.75 Å². The molecule has 0 atom stereocenters. The second-order valence-electron chi connectivity index (χ2n) is 4.63. The molecule has 0 aliphatic carbocycles. The number of alkyl halides is 3. The van der Waals surface area contributed by atoms with Gasteiger partial charge in [-0.25, -0.2) is 0 Å². The quantitative estimate of drug-likeness (QED) is 0.811. The summed E-state index contributed by atoms with van der Waals surface area (Å²) in [5, 5.41) is 0. The maximum Gasteiger partial charge on any atom is 0.416 e. The second kappa shape index (κ2) is 7.50. The third kappa shape index (κ3) is 4.68. The molecule has 0 saturated heterocycles. The first-order chi connectivity index (χ1) is 9.42. The van der Waals surface area contributed by atoms with Gasteiger partial charge in [-0.15, -0.1) is 0 Å². The van der Waals surface area contributed by atoms with Gasteiger partial charge in [-0.1, -0.05) is 0 Å². The first kappa shape index (κ1) is 16.8. The van der Waals surface area contributed by atoms with Gasteiger partial charge in [0.15, 0.2) is 0 Å². The highest BCUT2D eigenvalue weighted by atomic mass is 19.4. The minimum absolute atomic E-state index is 0.110. The van der Waals surface area contributed by atoms with Crippen molar-refractivity contribution in [2.45, 2.75) is 25.9 Å². The molecule has 3 nitrogen and oxygen atoms in total. The van der Waals surface area contributed by atoms with Crippen molar-refractivity contribution in [1.82, 2.24) is 0 Å². The molecule has 1 aromatic carbocycles. The van der Waals surface area contributed by atoms with Crippen LogP contribution in [0.15, 0.2) is 18.2 Å². The summed E-state index contributed by atoms with van der Waals surface area (Å²) >= 11 is 0. The number of halogens is 3. The highest BCUT2D eigenvalue weighted by Crippen LogP contribution is 2.33. The molecule has 0 heterocycles. The van der Waals surface area contributed by atoms with E-state index in [4.69, 9.17) is 16.2 Å². The predicted octanol–water partition coefficient (Wildman–Crippen LogP) is 2.57. The van der Waals surface area contributed by atoms with E-state index in [-0.39, 0.29) is 5.92 Å². The molecule has 0 bridgehead atoms. The van der Waals surface area contributed by atoms with Crippen LogP contribution in [0.2, 0.25) is 0 Å². The molecule has 1 aromatic rings. The summed E-state index contributed by atoms with van der Waals surface area (Å²) in [7, 11) is 0. The van der Waals surface area contributed by atoms with Crippen LogP contribution in [0.4, 0.5) is 13.2 Å². The second-order valence-corrected chi connectivity index (χ2v) is 4.63. The summed E-state index contributed by atoms with van der Waals surface area (Å²) in [5.74, 6) is 0.604. The third-order valence-corrected chi connectivity index (χ3v) is 3.18. The Morgan fingerprint density at radius 2 is 1.85 bits per heavy atom. The van der Waals surface area contributed by atoms with Gasteiger partial charge in [0.25, 0.3) is 0 Å². The Labute approximate surface area is 117 Å². The maximum absolute atomic E-state index is 12.7. The van der Waals surface area contributed by atoms with Crippen molar-refractivity contribution in [3.8, 4) is 5.75 Å². The van der Waals surface area contributed by atoms with Gasteiger partial charge in [0.05, 0.1) is 12.2 Å². The van der Waals surface area contributed by atoms with Crippen molar-refractivity contribution >= 4 is 0 Å². The standard InChI is InChI=1S/C14H21F3N2O/c1-2-20-13-6-5-12(14(15,16)17)7-11(13)4-3-10(8-18)9-19/h5-7,10H,2-4,8-9,18-19H2,1H3. The van der Waals surface area contributed by atoms with E-state index in [1.165, 1.54) is 6.07 Å². The normalized spacial score (nSPS) is 11.9. The molecule has 4 N–H and O–H groups in total. The van der Waals surface area contributed by atoms with E-state index in [0.717, 1.165) is 12.1 Å². The average molecular weight is 290 g/mol. The highest BCUT2D eigenvalue weighted by molar-refractivity contribution is 5.38. The molecule has 0 aliphatic rings. The van der Waals surface area contributed by atoms with Crippen LogP contribution in [-0.4, -0.2) is 19.7 Å². The van der Waals surface area contributed by atoms with Gasteiger partial charge in [0.1, 0.15) is 5.75 Å². The first-order valence-electron chi connectivity index (χ1n) is 6.65. The van der Waals surface area contributed by atoms with Crippen LogP contribution < -0.4 is 16.2 Å². The van der Waals surface area contributed by atoms with E-state index in [1.54, 1.807) is 6.92 Å². The predicted molar refractivity (Wildman–Crippen MR) is 72.5 cm³/mol. The number of hydrogen-bond acceptors (Lipinski definition) is 3. The SMILES string of the molecule is CCOc1ccc(C(F)(F)F)cc1CCC(CN)CN. The molecular formula is C14H21F3N2O. The fraction of sp³-hybridized carbons (Fsp3) is 0.571. The lowest BCUT2D eigenvalue weighted by Gasteiger charge is -2.16. The highest BCUT2D eigenvalue weighted by Gasteiger charge is 2.31. The summed E-state index contributed by atoms with van der Waals surface area (Å²) in [5.41, 5.74) is 11.0. The first-order valence-corrected chi connectivity index (χ1v) is 6.65. The van der Waals surface area contributed by atoms with Crippen LogP contribution in [0, 0.1) is 5.92 Å². The van der Waals surface area contributed by atoms with Gasteiger partial charge in [0, 0.05) is 0 Å². The fourth-order valence-corrected chi connectivity index (χ4v) is 1.94. The largest absolute Gasteiger partial charge is 0.494 e.